The maximum Gasteiger partial charge on any atom is 0.0945 e. The highest BCUT2D eigenvalue weighted by Gasteiger charge is 2.10. The van der Waals surface area contributed by atoms with Gasteiger partial charge < -0.3 is 10.1 Å². The maximum atomic E-state index is 5.46. The number of methoxy groups -OCH3 is 1. The lowest BCUT2D eigenvalue weighted by atomic mass is 10.1. The number of rotatable bonds is 5. The summed E-state index contributed by atoms with van der Waals surface area (Å²) < 4.78 is 6.55. The highest BCUT2D eigenvalue weighted by atomic mass is 79.9. The molecule has 1 unspecified atom stereocenters. The Hall–Kier alpha value is -0.380. The molecule has 0 aliphatic heterocycles. The van der Waals surface area contributed by atoms with Crippen molar-refractivity contribution in [1.29, 1.82) is 0 Å². The van der Waals surface area contributed by atoms with Gasteiger partial charge in [-0.15, -0.1) is 0 Å². The van der Waals surface area contributed by atoms with Gasteiger partial charge in [-0.05, 0) is 17.7 Å². The van der Waals surface area contributed by atoms with E-state index >= 15 is 0 Å². The zero-order chi connectivity index (χ0) is 11.3. The standard InChI is InChI=1S/C12H18BrNO/c1-9(2)14-8-12(15-3)10-5-4-6-11(13)7-10/h4-7,9,12,14H,8H2,1-3H3. The number of benzene rings is 1. The molecule has 1 aromatic carbocycles. The van der Waals surface area contributed by atoms with Crippen LogP contribution in [-0.4, -0.2) is 19.7 Å². The van der Waals surface area contributed by atoms with Gasteiger partial charge in [-0.2, -0.15) is 0 Å². The Bertz CT molecular complexity index is 301. The predicted molar refractivity (Wildman–Crippen MR) is 67.0 cm³/mol. The van der Waals surface area contributed by atoms with Crippen LogP contribution in [-0.2, 0) is 4.74 Å². The topological polar surface area (TPSA) is 21.3 Å². The molecule has 0 fully saturated rings. The largest absolute Gasteiger partial charge is 0.375 e. The SMILES string of the molecule is COC(CNC(C)C)c1cccc(Br)c1. The van der Waals surface area contributed by atoms with Crippen molar-refractivity contribution in [3.05, 3.63) is 34.3 Å². The van der Waals surface area contributed by atoms with E-state index in [0.717, 1.165) is 11.0 Å². The quantitative estimate of drug-likeness (QED) is 0.889. The monoisotopic (exact) mass is 271 g/mol. The van der Waals surface area contributed by atoms with Gasteiger partial charge in [0.1, 0.15) is 0 Å². The summed E-state index contributed by atoms with van der Waals surface area (Å²) in [7, 11) is 1.74. The number of hydrogen-bond acceptors (Lipinski definition) is 2. The van der Waals surface area contributed by atoms with E-state index in [-0.39, 0.29) is 6.10 Å². The molecule has 0 saturated heterocycles. The second kappa shape index (κ2) is 6.26. The Balaban J connectivity index is 2.65. The first-order chi connectivity index (χ1) is 7.13. The van der Waals surface area contributed by atoms with Crippen LogP contribution in [0.15, 0.2) is 28.7 Å². The van der Waals surface area contributed by atoms with Gasteiger partial charge in [-0.25, -0.2) is 0 Å². The summed E-state index contributed by atoms with van der Waals surface area (Å²) >= 11 is 3.46. The molecule has 0 aliphatic rings. The van der Waals surface area contributed by atoms with Crippen molar-refractivity contribution in [1.82, 2.24) is 5.32 Å². The minimum atomic E-state index is 0.116. The lowest BCUT2D eigenvalue weighted by Crippen LogP contribution is -2.28. The number of ether oxygens (including phenoxy) is 1. The molecule has 1 atom stereocenters. The van der Waals surface area contributed by atoms with Gasteiger partial charge in [0.2, 0.25) is 0 Å². The molecular weight excluding hydrogens is 254 g/mol. The molecule has 0 heterocycles. The Kier molecular flexibility index (Phi) is 5.29. The fourth-order valence-corrected chi connectivity index (χ4v) is 1.80. The van der Waals surface area contributed by atoms with Crippen molar-refractivity contribution >= 4 is 15.9 Å². The van der Waals surface area contributed by atoms with E-state index in [1.54, 1.807) is 7.11 Å². The third kappa shape index (κ3) is 4.33. The molecule has 0 radical (unpaired) electrons. The molecular formula is C12H18BrNO. The fourth-order valence-electron chi connectivity index (χ4n) is 1.39. The van der Waals surface area contributed by atoms with Gasteiger partial charge in [0.05, 0.1) is 6.10 Å². The summed E-state index contributed by atoms with van der Waals surface area (Å²) in [6, 6.07) is 8.71. The van der Waals surface area contributed by atoms with Crippen molar-refractivity contribution in [2.24, 2.45) is 0 Å². The predicted octanol–water partition coefficient (Wildman–Crippen LogP) is 3.13. The molecule has 1 aromatic rings. The number of nitrogens with one attached hydrogen (secondary N) is 1. The summed E-state index contributed by atoms with van der Waals surface area (Å²) in [5.41, 5.74) is 1.19. The van der Waals surface area contributed by atoms with Crippen molar-refractivity contribution < 1.29 is 4.74 Å². The van der Waals surface area contributed by atoms with Crippen LogP contribution in [0.3, 0.4) is 0 Å². The van der Waals surface area contributed by atoms with Gasteiger partial charge in [0.25, 0.3) is 0 Å². The second-order valence-corrected chi connectivity index (χ2v) is 4.76. The average molecular weight is 272 g/mol. The normalized spacial score (nSPS) is 13.1. The van der Waals surface area contributed by atoms with Gasteiger partial charge in [-0.1, -0.05) is 41.9 Å². The molecule has 0 bridgehead atoms. The molecule has 0 amide bonds. The molecule has 2 nitrogen and oxygen atoms in total. The van der Waals surface area contributed by atoms with Crippen molar-refractivity contribution in [2.45, 2.75) is 26.0 Å². The molecule has 0 saturated carbocycles. The lowest BCUT2D eigenvalue weighted by Gasteiger charge is -2.18. The summed E-state index contributed by atoms with van der Waals surface area (Å²) in [5.74, 6) is 0. The van der Waals surface area contributed by atoms with Crippen LogP contribution in [0.4, 0.5) is 0 Å². The van der Waals surface area contributed by atoms with E-state index in [4.69, 9.17) is 4.74 Å². The maximum absolute atomic E-state index is 5.46. The molecule has 1 rings (SSSR count). The first-order valence-corrected chi connectivity index (χ1v) is 5.94. The smallest absolute Gasteiger partial charge is 0.0945 e. The minimum absolute atomic E-state index is 0.116. The van der Waals surface area contributed by atoms with Crippen LogP contribution in [0.2, 0.25) is 0 Å². The van der Waals surface area contributed by atoms with Crippen LogP contribution in [0.5, 0.6) is 0 Å². The number of hydrogen-bond donors (Lipinski definition) is 1. The van der Waals surface area contributed by atoms with E-state index in [1.807, 2.05) is 12.1 Å². The first-order valence-electron chi connectivity index (χ1n) is 5.15. The molecule has 3 heteroatoms. The van der Waals surface area contributed by atoms with Crippen LogP contribution >= 0.6 is 15.9 Å². The Labute approximate surface area is 100 Å². The molecule has 84 valence electrons. The average Bonchev–Trinajstić information content (AvgIpc) is 2.18. The molecule has 15 heavy (non-hydrogen) atoms. The van der Waals surface area contributed by atoms with Gasteiger partial charge >= 0.3 is 0 Å². The highest BCUT2D eigenvalue weighted by Crippen LogP contribution is 2.20. The van der Waals surface area contributed by atoms with E-state index in [9.17, 15) is 0 Å². The summed E-state index contributed by atoms with van der Waals surface area (Å²) in [5, 5.41) is 3.37. The van der Waals surface area contributed by atoms with E-state index < -0.39 is 0 Å². The molecule has 0 aliphatic carbocycles. The Morgan fingerprint density at radius 1 is 1.40 bits per heavy atom. The highest BCUT2D eigenvalue weighted by molar-refractivity contribution is 9.10. The van der Waals surface area contributed by atoms with Crippen LogP contribution < -0.4 is 5.32 Å². The summed E-state index contributed by atoms with van der Waals surface area (Å²) in [6.45, 7) is 5.10. The molecule has 0 aromatic heterocycles. The van der Waals surface area contributed by atoms with Crippen LogP contribution in [0.25, 0.3) is 0 Å². The van der Waals surface area contributed by atoms with E-state index in [0.29, 0.717) is 6.04 Å². The van der Waals surface area contributed by atoms with Crippen molar-refractivity contribution in [3.63, 3.8) is 0 Å². The van der Waals surface area contributed by atoms with Crippen LogP contribution in [0.1, 0.15) is 25.5 Å². The second-order valence-electron chi connectivity index (χ2n) is 3.84. The molecule has 0 spiro atoms. The summed E-state index contributed by atoms with van der Waals surface area (Å²) in [6.07, 6.45) is 0.116. The third-order valence-corrected chi connectivity index (χ3v) is 2.71. The van der Waals surface area contributed by atoms with E-state index in [2.05, 4.69) is 47.2 Å². The zero-order valence-corrected chi connectivity index (χ0v) is 11.0. The minimum Gasteiger partial charge on any atom is -0.375 e. The molecule has 1 N–H and O–H groups in total. The zero-order valence-electron chi connectivity index (χ0n) is 9.46. The van der Waals surface area contributed by atoms with Gasteiger partial charge in [0, 0.05) is 24.2 Å². The number of halogens is 1. The Morgan fingerprint density at radius 2 is 2.13 bits per heavy atom. The summed E-state index contributed by atoms with van der Waals surface area (Å²) in [4.78, 5) is 0. The van der Waals surface area contributed by atoms with Crippen LogP contribution in [0, 0.1) is 0 Å². The van der Waals surface area contributed by atoms with Gasteiger partial charge in [0.15, 0.2) is 0 Å². The van der Waals surface area contributed by atoms with Gasteiger partial charge in [-0.3, -0.25) is 0 Å². The fraction of sp³-hybridized carbons (Fsp3) is 0.500. The first kappa shape index (κ1) is 12.7. The Morgan fingerprint density at radius 3 is 2.67 bits per heavy atom. The van der Waals surface area contributed by atoms with E-state index in [1.165, 1.54) is 5.56 Å². The lowest BCUT2D eigenvalue weighted by molar-refractivity contribution is 0.100. The van der Waals surface area contributed by atoms with Crippen molar-refractivity contribution in [2.75, 3.05) is 13.7 Å². The van der Waals surface area contributed by atoms with Crippen molar-refractivity contribution in [3.8, 4) is 0 Å². The third-order valence-electron chi connectivity index (χ3n) is 2.22.